The van der Waals surface area contributed by atoms with Crippen LogP contribution in [0.4, 0.5) is 0 Å². The fraction of sp³-hybridized carbons (Fsp3) is 1.00. The van der Waals surface area contributed by atoms with Crippen LogP contribution in [0.15, 0.2) is 0 Å². The predicted octanol–water partition coefficient (Wildman–Crippen LogP) is 1.61. The Morgan fingerprint density at radius 3 is 0.944 bits per heavy atom. The summed E-state index contributed by atoms with van der Waals surface area (Å²) in [5.41, 5.74) is 0. The molecule has 0 amide bonds. The summed E-state index contributed by atoms with van der Waals surface area (Å²) in [4.78, 5) is 0. The summed E-state index contributed by atoms with van der Waals surface area (Å²) in [6.45, 7) is 15.4. The van der Waals surface area contributed by atoms with Crippen LogP contribution in [0.25, 0.3) is 0 Å². The molecule has 0 rings (SSSR count). The fourth-order valence-corrected chi connectivity index (χ4v) is 0.763. The van der Waals surface area contributed by atoms with Gasteiger partial charge in [-0.15, -0.1) is 0 Å². The first-order chi connectivity index (χ1) is 7.59. The van der Waals surface area contributed by atoms with Gasteiger partial charge in [0.15, 0.2) is 0 Å². The first-order valence-corrected chi connectivity index (χ1v) is 7.08. The summed E-state index contributed by atoms with van der Waals surface area (Å²) in [6, 6.07) is 0. The van der Waals surface area contributed by atoms with Gasteiger partial charge in [-0.3, -0.25) is 0 Å². The molecule has 4 N–H and O–H groups in total. The third-order valence-electron chi connectivity index (χ3n) is 0.655. The molecule has 0 aromatic carbocycles. The van der Waals surface area contributed by atoms with Crippen molar-refractivity contribution in [3.63, 3.8) is 0 Å². The molecule has 0 saturated heterocycles. The average molecular weight is 312 g/mol. The zero-order chi connectivity index (χ0) is 14.4. The van der Waals surface area contributed by atoms with Gasteiger partial charge in [0.05, 0.1) is 0 Å². The molecule has 0 spiro atoms. The third-order valence-corrected chi connectivity index (χ3v) is 1.97. The third kappa shape index (κ3) is 86.7. The van der Waals surface area contributed by atoms with Gasteiger partial charge >= 0.3 is 0 Å². The number of rotatable bonds is 4. The van der Waals surface area contributed by atoms with Crippen LogP contribution in [0.5, 0.6) is 0 Å². The molecule has 0 fully saturated rings. The van der Waals surface area contributed by atoms with Crippen molar-refractivity contribution in [2.45, 2.75) is 79.8 Å². The minimum absolute atomic E-state index is 0. The van der Waals surface area contributed by atoms with Crippen LogP contribution in [0, 0.1) is 0 Å². The van der Waals surface area contributed by atoms with Gasteiger partial charge in [0, 0.05) is 53.5 Å². The standard InChI is InChI=1S/2C3H8O.2C3H7O.Al.Sc/c4*1-3(2)4;;/h2*3-4H,1-2H3;2*3H,1-2H3;;/q;;2*-1;+1;/p+2. The van der Waals surface area contributed by atoms with E-state index in [1.165, 1.54) is 0 Å². The van der Waals surface area contributed by atoms with Crippen molar-refractivity contribution in [1.29, 1.82) is 0 Å². The van der Waals surface area contributed by atoms with E-state index in [0.29, 0.717) is 12.2 Å². The molecule has 18 heavy (non-hydrogen) atoms. The van der Waals surface area contributed by atoms with Crippen LogP contribution in [0.1, 0.15) is 55.4 Å². The first kappa shape index (κ1) is 27.6. The summed E-state index contributed by atoms with van der Waals surface area (Å²) in [5, 5.41) is 13.2. The maximum absolute atomic E-state index is 6.58. The molecular formula is C12H32AlO4Sc+. The Bertz CT molecular complexity index is 114. The molecule has 0 saturated carbocycles. The molecule has 6 heteroatoms. The summed E-state index contributed by atoms with van der Waals surface area (Å²) < 4.78 is 10.4. The minimum atomic E-state index is -0.245. The fourth-order valence-electron chi connectivity index (χ4n) is 0.254. The topological polar surface area (TPSA) is 64.3 Å². The van der Waals surface area contributed by atoms with E-state index in [1.807, 2.05) is 55.4 Å². The maximum Gasteiger partial charge on any atom is 0.147 e. The van der Waals surface area contributed by atoms with Gasteiger partial charge in [-0.1, -0.05) is 0 Å². The normalized spacial score (nSPS) is 9.67. The van der Waals surface area contributed by atoms with Crippen molar-refractivity contribution in [3.05, 3.63) is 0 Å². The predicted molar refractivity (Wildman–Crippen MR) is 75.7 cm³/mol. The van der Waals surface area contributed by atoms with E-state index in [9.17, 15) is 0 Å². The van der Waals surface area contributed by atoms with E-state index < -0.39 is 0 Å². The molecule has 0 heterocycles. The molecule has 0 aliphatic carbocycles. The van der Waals surface area contributed by atoms with Crippen molar-refractivity contribution in [2.75, 3.05) is 0 Å². The quantitative estimate of drug-likeness (QED) is 0.585. The molecule has 0 aromatic rings. The van der Waals surface area contributed by atoms with Crippen molar-refractivity contribution < 1.29 is 43.6 Å². The molecule has 3 radical (unpaired) electrons. The van der Waals surface area contributed by atoms with Gasteiger partial charge in [-0.2, -0.15) is 0 Å². The van der Waals surface area contributed by atoms with Gasteiger partial charge < -0.3 is 17.8 Å². The molecule has 0 aromatic heterocycles. The van der Waals surface area contributed by atoms with E-state index >= 15 is 0 Å². The van der Waals surface area contributed by atoms with Crippen LogP contribution in [0.2, 0.25) is 0 Å². The number of hydrogen-bond donors (Lipinski definition) is 0. The summed E-state index contributed by atoms with van der Waals surface area (Å²) >= 11 is -0.245. The average Bonchev–Trinajstić information content (AvgIpc) is 1.99. The second kappa shape index (κ2) is 20.6. The van der Waals surface area contributed by atoms with Gasteiger partial charge in [0.1, 0.15) is 28.1 Å². The Kier molecular flexibility index (Phi) is 31.5. The summed E-state index contributed by atoms with van der Waals surface area (Å²) in [5.74, 6) is 0. The largest absolute Gasteiger partial charge is 0.677 e. The second-order valence-corrected chi connectivity index (χ2v) is 5.51. The molecule has 0 atom stereocenters. The first-order valence-electron chi connectivity index (χ1n) is 6.14. The molecule has 0 unspecified atom stereocenters. The van der Waals surface area contributed by atoms with E-state index in [2.05, 4.69) is 0 Å². The SMILES string of the molecule is CC(C)[OH2+].CC(C)[OH2+].CC(C)[O][Al-][O]C(C)C.[Sc]. The van der Waals surface area contributed by atoms with Crippen molar-refractivity contribution in [1.82, 2.24) is 0 Å². The Labute approximate surface area is 139 Å². The van der Waals surface area contributed by atoms with Crippen molar-refractivity contribution >= 4 is 15.9 Å². The summed E-state index contributed by atoms with van der Waals surface area (Å²) in [6.07, 6.45) is 0.775. The van der Waals surface area contributed by atoms with Gasteiger partial charge in [-0.25, -0.2) is 0 Å². The van der Waals surface area contributed by atoms with Crippen molar-refractivity contribution in [2.24, 2.45) is 0 Å². The van der Waals surface area contributed by atoms with Gasteiger partial charge in [-0.05, 0) is 39.9 Å². The molecule has 109 valence electrons. The minimum Gasteiger partial charge on any atom is -0.677 e. The molecule has 0 bridgehead atoms. The maximum atomic E-state index is 6.58. The van der Waals surface area contributed by atoms with E-state index in [-0.39, 0.29) is 53.9 Å². The van der Waals surface area contributed by atoms with Crippen LogP contribution in [-0.2, 0) is 33.4 Å². The van der Waals surface area contributed by atoms with Crippen LogP contribution in [0.3, 0.4) is 0 Å². The molecule has 0 aliphatic rings. The van der Waals surface area contributed by atoms with Gasteiger partial charge in [0.25, 0.3) is 0 Å². The van der Waals surface area contributed by atoms with Gasteiger partial charge in [0.2, 0.25) is 0 Å². The van der Waals surface area contributed by atoms with Crippen molar-refractivity contribution in [3.8, 4) is 0 Å². The molecule has 0 aliphatic heterocycles. The Hall–Kier alpha value is 1.24. The Morgan fingerprint density at radius 1 is 0.667 bits per heavy atom. The zero-order valence-corrected chi connectivity index (χ0v) is 16.2. The van der Waals surface area contributed by atoms with E-state index in [4.69, 9.17) is 17.8 Å². The van der Waals surface area contributed by atoms with Crippen LogP contribution >= 0.6 is 0 Å². The van der Waals surface area contributed by atoms with Crippen LogP contribution < -0.4 is 0 Å². The Morgan fingerprint density at radius 2 is 0.833 bits per heavy atom. The molecular weight excluding hydrogens is 280 g/mol. The smallest absolute Gasteiger partial charge is 0.147 e. The Balaban J connectivity index is -0.0000000922. The van der Waals surface area contributed by atoms with E-state index in [1.54, 1.807) is 0 Å². The molecule has 4 nitrogen and oxygen atoms in total. The van der Waals surface area contributed by atoms with E-state index in [0.717, 1.165) is 0 Å². The zero-order valence-electron chi connectivity index (χ0n) is 13.3. The summed E-state index contributed by atoms with van der Waals surface area (Å²) in [7, 11) is 0. The monoisotopic (exact) mass is 312 g/mol. The van der Waals surface area contributed by atoms with Crippen LogP contribution in [-0.4, -0.2) is 50.5 Å². The second-order valence-electron chi connectivity index (χ2n) is 4.78. The number of hydrogen-bond acceptors (Lipinski definition) is 2.